The highest BCUT2D eigenvalue weighted by Gasteiger charge is 2.37. The Morgan fingerprint density at radius 1 is 1.10 bits per heavy atom. The van der Waals surface area contributed by atoms with Crippen molar-refractivity contribution in [1.82, 2.24) is 0 Å². The van der Waals surface area contributed by atoms with Crippen molar-refractivity contribution in [3.63, 3.8) is 0 Å². The van der Waals surface area contributed by atoms with Crippen molar-refractivity contribution in [2.24, 2.45) is 0 Å². The van der Waals surface area contributed by atoms with Crippen LogP contribution in [-0.4, -0.2) is 44.7 Å². The number of aromatic nitrogens is 1. The van der Waals surface area contributed by atoms with Crippen LogP contribution in [0.25, 0.3) is 0 Å². The van der Waals surface area contributed by atoms with Crippen LogP contribution in [0.4, 0.5) is 24.7 Å². The van der Waals surface area contributed by atoms with Gasteiger partial charge in [-0.05, 0) is 31.0 Å². The zero-order valence-corrected chi connectivity index (χ0v) is 16.3. The Kier molecular flexibility index (Phi) is 5.21. The molecule has 1 aromatic heterocycles. The van der Waals surface area contributed by atoms with Gasteiger partial charge in [0.2, 0.25) is 0 Å². The van der Waals surface area contributed by atoms with Gasteiger partial charge in [-0.1, -0.05) is 18.2 Å². The lowest BCUT2D eigenvalue weighted by atomic mass is 10.1. The smallest absolute Gasteiger partial charge is 0.318 e. The highest BCUT2D eigenvalue weighted by atomic mass is 19.4. The first-order valence-corrected chi connectivity index (χ1v) is 9.92. The standard InChI is InChI=1S/C21H23F3N4O/c1-15(20(29)28-9-8-16-4-2-3-5-18(16)28)26-10-12-27(13-11-26)19-7-6-17(14-25-19)21(22,23)24/h2-7,14-15H,8-13H2,1H3/p+2/t15-/m0/s1. The summed E-state index contributed by atoms with van der Waals surface area (Å²) in [5.74, 6) is 0.809. The topological polar surface area (TPSA) is 42.1 Å². The fourth-order valence-corrected chi connectivity index (χ4v) is 4.23. The number of piperazine rings is 1. The van der Waals surface area contributed by atoms with Crippen LogP contribution in [0.2, 0.25) is 0 Å². The van der Waals surface area contributed by atoms with E-state index in [1.807, 2.05) is 34.9 Å². The molecule has 2 aromatic rings. The SMILES string of the molecule is C[C@@H](C(=O)N1CCc2ccccc21)[NH+]1CCN(c2ccc(C(F)(F)F)c[nH+]2)CC1. The third kappa shape index (κ3) is 3.94. The number of carbonyl (C=O) groups excluding carboxylic acids is 1. The summed E-state index contributed by atoms with van der Waals surface area (Å²) < 4.78 is 38.2. The van der Waals surface area contributed by atoms with E-state index in [9.17, 15) is 18.0 Å². The van der Waals surface area contributed by atoms with E-state index in [1.165, 1.54) is 16.5 Å². The van der Waals surface area contributed by atoms with Gasteiger partial charge in [0.25, 0.3) is 11.7 Å². The lowest BCUT2D eigenvalue weighted by molar-refractivity contribution is -0.914. The van der Waals surface area contributed by atoms with E-state index < -0.39 is 11.7 Å². The molecule has 8 heteroatoms. The van der Waals surface area contributed by atoms with E-state index in [0.717, 1.165) is 44.0 Å². The molecule has 3 heterocycles. The number of halogens is 3. The predicted octanol–water partition coefficient (Wildman–Crippen LogP) is 1.20. The molecule has 2 aliphatic rings. The molecule has 0 spiro atoms. The molecule has 1 amide bonds. The van der Waals surface area contributed by atoms with Crippen molar-refractivity contribution in [2.45, 2.75) is 25.6 Å². The van der Waals surface area contributed by atoms with Crippen LogP contribution >= 0.6 is 0 Å². The summed E-state index contributed by atoms with van der Waals surface area (Å²) in [6, 6.07) is 10.5. The summed E-state index contributed by atoms with van der Waals surface area (Å²) in [6.07, 6.45) is -2.45. The number of carbonyl (C=O) groups is 1. The van der Waals surface area contributed by atoms with Crippen LogP contribution in [0.1, 0.15) is 18.1 Å². The Morgan fingerprint density at radius 2 is 1.83 bits per heavy atom. The number of alkyl halides is 3. The van der Waals surface area contributed by atoms with Gasteiger partial charge in [-0.15, -0.1) is 0 Å². The second-order valence-electron chi connectivity index (χ2n) is 7.70. The van der Waals surface area contributed by atoms with E-state index >= 15 is 0 Å². The molecule has 1 aromatic carbocycles. The number of para-hydroxylation sites is 1. The van der Waals surface area contributed by atoms with Crippen LogP contribution in [-0.2, 0) is 17.4 Å². The van der Waals surface area contributed by atoms with Gasteiger partial charge in [-0.3, -0.25) is 9.69 Å². The van der Waals surface area contributed by atoms with Crippen molar-refractivity contribution < 1.29 is 27.8 Å². The molecule has 5 nitrogen and oxygen atoms in total. The molecule has 2 N–H and O–H groups in total. The van der Waals surface area contributed by atoms with Gasteiger partial charge in [0.05, 0.1) is 5.56 Å². The van der Waals surface area contributed by atoms with Crippen LogP contribution in [0.5, 0.6) is 0 Å². The number of quaternary nitrogens is 1. The molecule has 1 saturated heterocycles. The van der Waals surface area contributed by atoms with Gasteiger partial charge >= 0.3 is 6.18 Å². The number of nitrogens with one attached hydrogen (secondary N) is 2. The lowest BCUT2D eigenvalue weighted by Gasteiger charge is -2.33. The van der Waals surface area contributed by atoms with Gasteiger partial charge in [0, 0.05) is 18.3 Å². The van der Waals surface area contributed by atoms with Crippen molar-refractivity contribution >= 4 is 17.4 Å². The maximum absolute atomic E-state index is 13.1. The summed E-state index contributed by atoms with van der Waals surface area (Å²) in [5, 5.41) is 0. The molecular formula is C21H25F3N4O+2. The minimum absolute atomic E-state index is 0.138. The number of anilines is 2. The fraction of sp³-hybridized carbons (Fsp3) is 0.429. The molecule has 1 fully saturated rings. The number of nitrogens with zero attached hydrogens (tertiary/aromatic N) is 2. The normalized spacial score (nSPS) is 18.6. The lowest BCUT2D eigenvalue weighted by Crippen LogP contribution is -3.19. The first-order valence-electron chi connectivity index (χ1n) is 9.92. The number of H-pyrrole nitrogens is 1. The Bertz CT molecular complexity index is 876. The molecule has 154 valence electrons. The summed E-state index contributed by atoms with van der Waals surface area (Å²) in [7, 11) is 0. The number of aromatic amines is 1. The third-order valence-electron chi connectivity index (χ3n) is 6.01. The van der Waals surface area contributed by atoms with E-state index in [1.54, 1.807) is 0 Å². The molecular weight excluding hydrogens is 381 g/mol. The van der Waals surface area contributed by atoms with E-state index in [-0.39, 0.29) is 11.9 Å². The van der Waals surface area contributed by atoms with E-state index in [2.05, 4.69) is 11.1 Å². The zero-order valence-electron chi connectivity index (χ0n) is 16.3. The van der Waals surface area contributed by atoms with Gasteiger partial charge in [-0.2, -0.15) is 13.2 Å². The van der Waals surface area contributed by atoms with Gasteiger partial charge < -0.3 is 9.80 Å². The highest BCUT2D eigenvalue weighted by Crippen LogP contribution is 2.29. The maximum Gasteiger partial charge on any atom is 0.419 e. The van der Waals surface area contributed by atoms with Crippen LogP contribution < -0.4 is 19.7 Å². The average Bonchev–Trinajstić information content (AvgIpc) is 3.16. The Hall–Kier alpha value is -2.61. The van der Waals surface area contributed by atoms with Gasteiger partial charge in [0.15, 0.2) is 6.04 Å². The minimum Gasteiger partial charge on any atom is -0.318 e. The Labute approximate surface area is 167 Å². The zero-order chi connectivity index (χ0) is 20.6. The molecule has 0 radical (unpaired) electrons. The Morgan fingerprint density at radius 3 is 2.48 bits per heavy atom. The first kappa shape index (κ1) is 19.7. The van der Waals surface area contributed by atoms with Gasteiger partial charge in [0.1, 0.15) is 32.4 Å². The predicted molar refractivity (Wildman–Crippen MR) is 103 cm³/mol. The first-order chi connectivity index (χ1) is 13.8. The Balaban J connectivity index is 1.36. The van der Waals surface area contributed by atoms with Crippen molar-refractivity contribution in [3.05, 3.63) is 53.7 Å². The molecule has 0 unspecified atom stereocenters. The highest BCUT2D eigenvalue weighted by molar-refractivity contribution is 5.97. The molecule has 0 bridgehead atoms. The second kappa shape index (κ2) is 7.67. The monoisotopic (exact) mass is 406 g/mol. The number of rotatable bonds is 3. The summed E-state index contributed by atoms with van der Waals surface area (Å²) in [4.78, 5) is 21.0. The molecule has 0 aliphatic carbocycles. The van der Waals surface area contributed by atoms with Crippen molar-refractivity contribution in [1.29, 1.82) is 0 Å². The number of benzene rings is 1. The minimum atomic E-state index is -4.35. The number of amides is 1. The van der Waals surface area contributed by atoms with Crippen LogP contribution in [0, 0.1) is 0 Å². The number of hydrogen-bond acceptors (Lipinski definition) is 2. The number of hydrogen-bond donors (Lipinski definition) is 1. The molecule has 29 heavy (non-hydrogen) atoms. The summed E-state index contributed by atoms with van der Waals surface area (Å²) in [5.41, 5.74) is 1.54. The van der Waals surface area contributed by atoms with Crippen molar-refractivity contribution in [3.8, 4) is 0 Å². The average molecular weight is 406 g/mol. The van der Waals surface area contributed by atoms with Gasteiger partial charge in [-0.25, -0.2) is 4.98 Å². The van der Waals surface area contributed by atoms with E-state index in [4.69, 9.17) is 0 Å². The largest absolute Gasteiger partial charge is 0.419 e. The quantitative estimate of drug-likeness (QED) is 0.833. The fourth-order valence-electron chi connectivity index (χ4n) is 4.23. The number of pyridine rings is 1. The second-order valence-corrected chi connectivity index (χ2v) is 7.70. The van der Waals surface area contributed by atoms with Crippen LogP contribution in [0.15, 0.2) is 42.6 Å². The summed E-state index contributed by atoms with van der Waals surface area (Å²) >= 11 is 0. The maximum atomic E-state index is 13.1. The third-order valence-corrected chi connectivity index (χ3v) is 6.01. The van der Waals surface area contributed by atoms with Crippen LogP contribution in [0.3, 0.4) is 0 Å². The van der Waals surface area contributed by atoms with Crippen molar-refractivity contribution in [2.75, 3.05) is 42.5 Å². The molecule has 4 rings (SSSR count). The molecule has 1 atom stereocenters. The van der Waals surface area contributed by atoms with E-state index in [0.29, 0.717) is 18.9 Å². The number of fused-ring (bicyclic) bond motifs is 1. The molecule has 2 aliphatic heterocycles. The molecule has 0 saturated carbocycles. The summed E-state index contributed by atoms with van der Waals surface area (Å²) in [6.45, 7) is 5.59.